The summed E-state index contributed by atoms with van der Waals surface area (Å²) in [5, 5.41) is 7.12. The van der Waals surface area contributed by atoms with Gasteiger partial charge in [0.05, 0.1) is 18.7 Å². The maximum absolute atomic E-state index is 5.72. The Bertz CT molecular complexity index is 665. The lowest BCUT2D eigenvalue weighted by Gasteiger charge is -2.20. The molecule has 0 unspecified atom stereocenters. The molecule has 0 saturated carbocycles. The number of rotatable bonds is 4. The van der Waals surface area contributed by atoms with Crippen LogP contribution in [0.1, 0.15) is 0 Å². The molecular weight excluding hydrogens is 278 g/mol. The molecule has 0 aliphatic carbocycles. The van der Waals surface area contributed by atoms with Gasteiger partial charge in [-0.2, -0.15) is 5.10 Å². The van der Waals surface area contributed by atoms with Crippen LogP contribution in [0.2, 0.25) is 0 Å². The summed E-state index contributed by atoms with van der Waals surface area (Å²) >= 11 is 5.26. The Kier molecular flexibility index (Phi) is 3.70. The molecule has 0 amide bonds. The summed E-state index contributed by atoms with van der Waals surface area (Å²) < 4.78 is 18.9. The van der Waals surface area contributed by atoms with Gasteiger partial charge in [0.2, 0.25) is 0 Å². The van der Waals surface area contributed by atoms with E-state index in [0.717, 1.165) is 17.1 Å². The molecule has 1 aromatic carbocycles. The van der Waals surface area contributed by atoms with E-state index in [1.165, 1.54) is 0 Å². The molecular formula is C13H15N3O3S. The summed E-state index contributed by atoms with van der Waals surface area (Å²) in [7, 11) is 1.66. The van der Waals surface area contributed by atoms with Crippen molar-refractivity contribution in [1.82, 2.24) is 14.8 Å². The van der Waals surface area contributed by atoms with Gasteiger partial charge in [0, 0.05) is 7.11 Å². The molecule has 1 aliphatic heterocycles. The summed E-state index contributed by atoms with van der Waals surface area (Å²) in [6, 6.07) is 5.75. The van der Waals surface area contributed by atoms with E-state index in [-0.39, 0.29) is 0 Å². The third kappa shape index (κ3) is 2.30. The van der Waals surface area contributed by atoms with Crippen molar-refractivity contribution in [3.8, 4) is 22.9 Å². The lowest BCUT2D eigenvalue weighted by molar-refractivity contribution is 0.172. The molecule has 0 radical (unpaired) electrons. The van der Waals surface area contributed by atoms with Crippen LogP contribution in [0.25, 0.3) is 11.4 Å². The smallest absolute Gasteiger partial charge is 0.195 e. The van der Waals surface area contributed by atoms with Crippen LogP contribution in [0.3, 0.4) is 0 Å². The first-order chi connectivity index (χ1) is 9.81. The van der Waals surface area contributed by atoms with Gasteiger partial charge in [-0.1, -0.05) is 6.07 Å². The van der Waals surface area contributed by atoms with Crippen LogP contribution in [0.5, 0.6) is 11.5 Å². The minimum atomic E-state index is 0.535. The van der Waals surface area contributed by atoms with Crippen LogP contribution < -0.4 is 9.47 Å². The zero-order valence-corrected chi connectivity index (χ0v) is 11.9. The van der Waals surface area contributed by atoms with Crippen LogP contribution in [0.15, 0.2) is 18.2 Å². The summed E-state index contributed by atoms with van der Waals surface area (Å²) in [4.78, 5) is 0. The molecule has 0 fully saturated rings. The Balaban J connectivity index is 2.07. The van der Waals surface area contributed by atoms with Crippen molar-refractivity contribution in [3.05, 3.63) is 23.0 Å². The Labute approximate surface area is 121 Å². The lowest BCUT2D eigenvalue weighted by Crippen LogP contribution is -2.16. The number of nitrogens with one attached hydrogen (secondary N) is 1. The van der Waals surface area contributed by atoms with Gasteiger partial charge in [-0.3, -0.25) is 9.67 Å². The quantitative estimate of drug-likeness (QED) is 0.874. The molecule has 0 saturated heterocycles. The van der Waals surface area contributed by atoms with Gasteiger partial charge < -0.3 is 14.2 Å². The summed E-state index contributed by atoms with van der Waals surface area (Å²) in [6.45, 7) is 2.29. The molecule has 2 heterocycles. The van der Waals surface area contributed by atoms with E-state index in [1.807, 2.05) is 22.8 Å². The first-order valence-electron chi connectivity index (χ1n) is 6.34. The molecule has 2 aromatic rings. The second kappa shape index (κ2) is 5.64. The van der Waals surface area contributed by atoms with Gasteiger partial charge in [-0.05, 0) is 24.4 Å². The van der Waals surface area contributed by atoms with Gasteiger partial charge in [0.1, 0.15) is 13.2 Å². The second-order valence-corrected chi connectivity index (χ2v) is 4.71. The molecule has 1 N–H and O–H groups in total. The molecule has 20 heavy (non-hydrogen) atoms. The Morgan fingerprint density at radius 1 is 1.40 bits per heavy atom. The predicted molar refractivity (Wildman–Crippen MR) is 75.7 cm³/mol. The number of nitrogens with zero attached hydrogens (tertiary/aromatic N) is 2. The third-order valence-electron chi connectivity index (χ3n) is 3.08. The first kappa shape index (κ1) is 13.1. The fourth-order valence-electron chi connectivity index (χ4n) is 2.16. The molecule has 1 aliphatic rings. The van der Waals surface area contributed by atoms with Crippen molar-refractivity contribution in [2.75, 3.05) is 26.9 Å². The topological polar surface area (TPSA) is 61.3 Å². The summed E-state index contributed by atoms with van der Waals surface area (Å²) in [5.41, 5.74) is 0.866. The third-order valence-corrected chi connectivity index (χ3v) is 3.40. The van der Waals surface area contributed by atoms with Gasteiger partial charge >= 0.3 is 0 Å². The average Bonchev–Trinajstić information content (AvgIpc) is 2.85. The summed E-state index contributed by atoms with van der Waals surface area (Å²) in [5.74, 6) is 2.18. The van der Waals surface area contributed by atoms with Crippen LogP contribution >= 0.6 is 12.2 Å². The van der Waals surface area contributed by atoms with Crippen LogP contribution in [0, 0.1) is 4.77 Å². The number of aromatic nitrogens is 3. The number of hydrogen-bond acceptors (Lipinski definition) is 5. The van der Waals surface area contributed by atoms with Crippen molar-refractivity contribution in [1.29, 1.82) is 0 Å². The highest BCUT2D eigenvalue weighted by atomic mass is 32.1. The highest BCUT2D eigenvalue weighted by Crippen LogP contribution is 2.38. The minimum absolute atomic E-state index is 0.535. The van der Waals surface area contributed by atoms with E-state index in [1.54, 1.807) is 7.11 Å². The Morgan fingerprint density at radius 3 is 3.10 bits per heavy atom. The Morgan fingerprint density at radius 2 is 2.25 bits per heavy atom. The van der Waals surface area contributed by atoms with Crippen molar-refractivity contribution < 1.29 is 14.2 Å². The summed E-state index contributed by atoms with van der Waals surface area (Å²) in [6.07, 6.45) is 0. The zero-order valence-electron chi connectivity index (χ0n) is 11.1. The molecule has 1 aromatic heterocycles. The SMILES string of the molecule is COCCn1c(-c2cccc3c2OCCO3)n[nH]c1=S. The van der Waals surface area contributed by atoms with E-state index in [9.17, 15) is 0 Å². The fraction of sp³-hybridized carbons (Fsp3) is 0.385. The lowest BCUT2D eigenvalue weighted by atomic mass is 10.1. The van der Waals surface area contributed by atoms with Gasteiger partial charge in [-0.15, -0.1) is 0 Å². The number of methoxy groups -OCH3 is 1. The maximum Gasteiger partial charge on any atom is 0.195 e. The molecule has 106 valence electrons. The van der Waals surface area contributed by atoms with Crippen molar-refractivity contribution in [2.45, 2.75) is 6.54 Å². The van der Waals surface area contributed by atoms with Crippen LogP contribution in [-0.4, -0.2) is 41.7 Å². The largest absolute Gasteiger partial charge is 0.486 e. The maximum atomic E-state index is 5.72. The van der Waals surface area contributed by atoms with Gasteiger partial charge in [-0.25, -0.2) is 0 Å². The van der Waals surface area contributed by atoms with E-state index < -0.39 is 0 Å². The average molecular weight is 293 g/mol. The fourth-order valence-corrected chi connectivity index (χ4v) is 2.39. The number of H-pyrrole nitrogens is 1. The van der Waals surface area contributed by atoms with Crippen molar-refractivity contribution >= 4 is 12.2 Å². The van der Waals surface area contributed by atoms with E-state index >= 15 is 0 Å². The normalized spacial score (nSPS) is 13.4. The van der Waals surface area contributed by atoms with Gasteiger partial charge in [0.15, 0.2) is 22.1 Å². The first-order valence-corrected chi connectivity index (χ1v) is 6.75. The second-order valence-electron chi connectivity index (χ2n) is 4.33. The van der Waals surface area contributed by atoms with E-state index in [4.69, 9.17) is 26.4 Å². The van der Waals surface area contributed by atoms with E-state index in [0.29, 0.717) is 36.9 Å². The molecule has 7 heteroatoms. The molecule has 6 nitrogen and oxygen atoms in total. The number of ether oxygens (including phenoxy) is 3. The molecule has 0 bridgehead atoms. The monoisotopic (exact) mass is 293 g/mol. The zero-order chi connectivity index (χ0) is 13.9. The number of aromatic amines is 1. The van der Waals surface area contributed by atoms with Crippen LogP contribution in [-0.2, 0) is 11.3 Å². The number of benzene rings is 1. The standard InChI is InChI=1S/C13H15N3O3S/c1-17-6-5-16-12(14-15-13(16)20)9-3-2-4-10-11(9)19-8-7-18-10/h2-4H,5-8H2,1H3,(H,15,20). The minimum Gasteiger partial charge on any atom is -0.486 e. The number of para-hydroxylation sites is 1. The Hall–Kier alpha value is -1.86. The van der Waals surface area contributed by atoms with E-state index in [2.05, 4.69) is 10.2 Å². The predicted octanol–water partition coefficient (Wildman–Crippen LogP) is 2.03. The number of fused-ring (bicyclic) bond motifs is 1. The highest BCUT2D eigenvalue weighted by Gasteiger charge is 2.20. The number of hydrogen-bond donors (Lipinski definition) is 1. The molecule has 0 spiro atoms. The molecule has 3 rings (SSSR count). The molecule has 0 atom stereocenters. The van der Waals surface area contributed by atoms with Crippen LogP contribution in [0.4, 0.5) is 0 Å². The van der Waals surface area contributed by atoms with Crippen molar-refractivity contribution in [3.63, 3.8) is 0 Å². The van der Waals surface area contributed by atoms with Gasteiger partial charge in [0.25, 0.3) is 0 Å². The van der Waals surface area contributed by atoms with Crippen molar-refractivity contribution in [2.24, 2.45) is 0 Å². The highest BCUT2D eigenvalue weighted by molar-refractivity contribution is 7.71.